The van der Waals surface area contributed by atoms with E-state index in [1.807, 2.05) is 4.57 Å². The van der Waals surface area contributed by atoms with Gasteiger partial charge < -0.3 is 25.5 Å². The Morgan fingerprint density at radius 1 is 1.10 bits per heavy atom. The number of aliphatic hydroxyl groups is 2. The predicted molar refractivity (Wildman–Crippen MR) is 160 cm³/mol. The minimum atomic E-state index is -0.889. The maximum Gasteiger partial charge on any atom is 0.165 e. The molecule has 6 rings (SSSR count). The van der Waals surface area contributed by atoms with Crippen LogP contribution in [0.3, 0.4) is 0 Å². The Morgan fingerprint density at radius 2 is 1.88 bits per heavy atom. The first kappa shape index (κ1) is 28.1. The zero-order valence-electron chi connectivity index (χ0n) is 24.8. The van der Waals surface area contributed by atoms with Gasteiger partial charge in [-0.25, -0.2) is 19.9 Å². The van der Waals surface area contributed by atoms with Gasteiger partial charge >= 0.3 is 0 Å². The highest BCUT2D eigenvalue weighted by Gasteiger charge is 2.45. The Hall–Kier alpha value is -3.08. The number of nitrogens with two attached hydrogens (primary N) is 1. The third-order valence-electron chi connectivity index (χ3n) is 9.49. The second kappa shape index (κ2) is 10.6. The molecule has 3 heterocycles. The molecule has 2 saturated carbocycles. The number of anilines is 1. The van der Waals surface area contributed by atoms with Crippen molar-refractivity contribution in [2.75, 3.05) is 12.3 Å². The summed E-state index contributed by atoms with van der Waals surface area (Å²) in [5.74, 6) is 2.03. The van der Waals surface area contributed by atoms with E-state index in [9.17, 15) is 10.2 Å². The molecule has 1 aromatic carbocycles. The molecule has 2 fully saturated rings. The van der Waals surface area contributed by atoms with E-state index in [0.29, 0.717) is 41.4 Å². The molecule has 4 aromatic rings. The third-order valence-corrected chi connectivity index (χ3v) is 9.49. The first-order valence-corrected chi connectivity index (χ1v) is 15.0. The van der Waals surface area contributed by atoms with Crippen molar-refractivity contribution in [1.82, 2.24) is 34.4 Å². The fourth-order valence-electron chi connectivity index (χ4n) is 6.92. The molecule has 10 nitrogen and oxygen atoms in total. The number of nitrogens with zero attached hydrogens (tertiary/aromatic N) is 6. The van der Waals surface area contributed by atoms with Gasteiger partial charge in [-0.3, -0.25) is 4.90 Å². The average molecular weight is 561 g/mol. The standard InChI is InChI=1S/C31H44N8O2/c1-17(2)38(14-19-12-24(28(41)27(19)40)39-16-35-26-29(32)33-15-34-30(26)39)21-10-18(11-21)6-9-25-36-22-8-7-20(31(3,4)5)13-23(22)37-25/h7-8,13,15-19,21,24,27-28,40-41H,6,9-12,14H2,1-5H3,(H,36,37)(H2,32,33,34)/t18?,19-,21?,24+,27-,28+/m1/s1. The highest BCUT2D eigenvalue weighted by atomic mass is 16.3. The molecule has 3 aromatic heterocycles. The number of fused-ring (bicyclic) bond motifs is 2. The number of hydrogen-bond acceptors (Lipinski definition) is 8. The van der Waals surface area contributed by atoms with Crippen molar-refractivity contribution in [2.45, 2.75) is 102 Å². The number of H-pyrrole nitrogens is 1. The Bertz CT molecular complexity index is 1520. The molecule has 2 aliphatic rings. The second-order valence-corrected chi connectivity index (χ2v) is 13.6. The van der Waals surface area contributed by atoms with Crippen LogP contribution in [0.4, 0.5) is 5.82 Å². The predicted octanol–water partition coefficient (Wildman–Crippen LogP) is 3.99. The smallest absolute Gasteiger partial charge is 0.165 e. The second-order valence-electron chi connectivity index (χ2n) is 13.6. The Kier molecular flexibility index (Phi) is 7.28. The molecule has 0 spiro atoms. The third kappa shape index (κ3) is 5.33. The fraction of sp³-hybridized carbons (Fsp3) is 0.613. The van der Waals surface area contributed by atoms with E-state index >= 15 is 0 Å². The number of aromatic nitrogens is 6. The zero-order valence-corrected chi connectivity index (χ0v) is 24.8. The molecular weight excluding hydrogens is 516 g/mol. The number of aliphatic hydroxyl groups excluding tert-OH is 2. The summed E-state index contributed by atoms with van der Waals surface area (Å²) in [6, 6.07) is 7.11. The molecule has 2 aliphatic carbocycles. The van der Waals surface area contributed by atoms with Gasteiger partial charge in [0.05, 0.1) is 29.5 Å². The molecular formula is C31H44N8O2. The number of aryl methyl sites for hydroxylation is 1. The van der Waals surface area contributed by atoms with Gasteiger partial charge in [-0.1, -0.05) is 26.8 Å². The van der Waals surface area contributed by atoms with E-state index in [1.54, 1.807) is 6.33 Å². The SMILES string of the molecule is CC(C)N(C[C@H]1C[C@H](n2cnc3c(N)ncnc32)[C@H](O)[C@@H]1O)C1CC(CCc2nc3ccc(C(C)(C)C)cc3[nH]2)C1. The molecule has 0 bridgehead atoms. The zero-order chi connectivity index (χ0) is 29.1. The number of nitrogen functional groups attached to an aromatic ring is 1. The summed E-state index contributed by atoms with van der Waals surface area (Å²) in [7, 11) is 0. The van der Waals surface area contributed by atoms with Crippen molar-refractivity contribution in [3.8, 4) is 0 Å². The lowest BCUT2D eigenvalue weighted by atomic mass is 9.76. The van der Waals surface area contributed by atoms with Crippen LogP contribution < -0.4 is 5.73 Å². The summed E-state index contributed by atoms with van der Waals surface area (Å²) in [6.07, 6.45) is 6.42. The van der Waals surface area contributed by atoms with Gasteiger partial charge in [0.25, 0.3) is 0 Å². The maximum absolute atomic E-state index is 11.1. The summed E-state index contributed by atoms with van der Waals surface area (Å²) in [6.45, 7) is 11.9. The van der Waals surface area contributed by atoms with E-state index in [-0.39, 0.29) is 17.4 Å². The molecule has 0 saturated heterocycles. The van der Waals surface area contributed by atoms with Crippen molar-refractivity contribution in [3.63, 3.8) is 0 Å². The lowest BCUT2D eigenvalue weighted by Gasteiger charge is -2.46. The number of nitrogens with one attached hydrogen (secondary N) is 1. The maximum atomic E-state index is 11.1. The lowest BCUT2D eigenvalue weighted by molar-refractivity contribution is -0.0180. The quantitative estimate of drug-likeness (QED) is 0.253. The van der Waals surface area contributed by atoms with Crippen molar-refractivity contribution >= 4 is 28.0 Å². The van der Waals surface area contributed by atoms with Gasteiger partial charge in [-0.2, -0.15) is 0 Å². The number of hydrogen-bond donors (Lipinski definition) is 4. The minimum absolute atomic E-state index is 0.0402. The van der Waals surface area contributed by atoms with Crippen molar-refractivity contribution in [2.24, 2.45) is 11.8 Å². The minimum Gasteiger partial charge on any atom is -0.390 e. The summed E-state index contributed by atoms with van der Waals surface area (Å²) >= 11 is 0. The first-order chi connectivity index (χ1) is 19.5. The fourth-order valence-corrected chi connectivity index (χ4v) is 6.92. The van der Waals surface area contributed by atoms with E-state index < -0.39 is 12.2 Å². The summed E-state index contributed by atoms with van der Waals surface area (Å²) in [4.78, 5) is 23.7. The van der Waals surface area contributed by atoms with E-state index in [0.717, 1.165) is 49.1 Å². The summed E-state index contributed by atoms with van der Waals surface area (Å²) in [5.41, 5.74) is 10.7. The highest BCUT2D eigenvalue weighted by molar-refractivity contribution is 5.81. The molecule has 5 N–H and O–H groups in total. The van der Waals surface area contributed by atoms with Crippen LogP contribution in [0.5, 0.6) is 0 Å². The van der Waals surface area contributed by atoms with Crippen LogP contribution in [0.15, 0.2) is 30.9 Å². The van der Waals surface area contributed by atoms with Crippen LogP contribution in [-0.4, -0.2) is 75.4 Å². The monoisotopic (exact) mass is 560 g/mol. The summed E-state index contributed by atoms with van der Waals surface area (Å²) in [5, 5.41) is 22.1. The van der Waals surface area contributed by atoms with E-state index in [1.165, 1.54) is 11.9 Å². The van der Waals surface area contributed by atoms with E-state index in [2.05, 4.69) is 77.7 Å². The van der Waals surface area contributed by atoms with Crippen LogP contribution in [-0.2, 0) is 11.8 Å². The lowest BCUT2D eigenvalue weighted by Crippen LogP contribution is -2.51. The van der Waals surface area contributed by atoms with Crippen LogP contribution in [0.1, 0.15) is 77.7 Å². The Labute approximate surface area is 241 Å². The molecule has 10 heteroatoms. The van der Waals surface area contributed by atoms with Crippen LogP contribution >= 0.6 is 0 Å². The normalized spacial score (nSPS) is 27.0. The molecule has 0 unspecified atom stereocenters. The van der Waals surface area contributed by atoms with Crippen molar-refractivity contribution in [1.29, 1.82) is 0 Å². The van der Waals surface area contributed by atoms with Crippen LogP contribution in [0.2, 0.25) is 0 Å². The number of imidazole rings is 2. The highest BCUT2D eigenvalue weighted by Crippen LogP contribution is 2.41. The van der Waals surface area contributed by atoms with Crippen LogP contribution in [0.25, 0.3) is 22.2 Å². The Morgan fingerprint density at radius 3 is 2.61 bits per heavy atom. The molecule has 0 radical (unpaired) electrons. The summed E-state index contributed by atoms with van der Waals surface area (Å²) < 4.78 is 1.85. The topological polar surface area (TPSA) is 142 Å². The molecule has 0 amide bonds. The first-order valence-electron chi connectivity index (χ1n) is 15.0. The van der Waals surface area contributed by atoms with Crippen LogP contribution in [0, 0.1) is 11.8 Å². The largest absolute Gasteiger partial charge is 0.390 e. The molecule has 41 heavy (non-hydrogen) atoms. The molecule has 0 aliphatic heterocycles. The van der Waals surface area contributed by atoms with Gasteiger partial charge in [0.2, 0.25) is 0 Å². The molecule has 220 valence electrons. The molecule has 4 atom stereocenters. The van der Waals surface area contributed by atoms with Crippen molar-refractivity contribution < 1.29 is 10.2 Å². The average Bonchev–Trinajstić information content (AvgIpc) is 3.58. The van der Waals surface area contributed by atoms with E-state index in [4.69, 9.17) is 10.7 Å². The number of aromatic amines is 1. The van der Waals surface area contributed by atoms with Gasteiger partial charge in [-0.05, 0) is 68.6 Å². The van der Waals surface area contributed by atoms with Crippen molar-refractivity contribution in [3.05, 3.63) is 42.2 Å². The van der Waals surface area contributed by atoms with Gasteiger partial charge in [-0.15, -0.1) is 0 Å². The number of rotatable bonds is 8. The van der Waals surface area contributed by atoms with Gasteiger partial charge in [0.1, 0.15) is 23.8 Å². The van der Waals surface area contributed by atoms with Gasteiger partial charge in [0.15, 0.2) is 11.5 Å². The Balaban J connectivity index is 1.06. The van der Waals surface area contributed by atoms with Gasteiger partial charge in [0, 0.05) is 31.0 Å². The number of benzene rings is 1.